The highest BCUT2D eigenvalue weighted by Gasteiger charge is 2.30. The Morgan fingerprint density at radius 1 is 1.11 bits per heavy atom. The van der Waals surface area contributed by atoms with Gasteiger partial charge >= 0.3 is 0 Å². The summed E-state index contributed by atoms with van der Waals surface area (Å²) >= 11 is 0. The van der Waals surface area contributed by atoms with Crippen LogP contribution in [0.25, 0.3) is 22.3 Å². The smallest absolute Gasteiger partial charge is 0.162 e. The lowest BCUT2D eigenvalue weighted by atomic mass is 9.99. The fourth-order valence-corrected chi connectivity index (χ4v) is 5.96. The Labute approximate surface area is 213 Å². The number of H-pyrrole nitrogens is 1. The average molecular weight is 484 g/mol. The minimum Gasteiger partial charge on any atom is -0.361 e. The van der Waals surface area contributed by atoms with Crippen molar-refractivity contribution in [3.63, 3.8) is 0 Å². The van der Waals surface area contributed by atoms with Gasteiger partial charge in [0.2, 0.25) is 0 Å². The van der Waals surface area contributed by atoms with Gasteiger partial charge in [-0.2, -0.15) is 5.10 Å². The molecule has 4 aromatic rings. The minimum atomic E-state index is 0.414. The summed E-state index contributed by atoms with van der Waals surface area (Å²) in [4.78, 5) is 19.0. The Kier molecular flexibility index (Phi) is 5.73. The highest BCUT2D eigenvalue weighted by Crippen LogP contribution is 2.37. The van der Waals surface area contributed by atoms with E-state index in [0.717, 1.165) is 54.5 Å². The van der Waals surface area contributed by atoms with E-state index >= 15 is 0 Å². The predicted molar refractivity (Wildman–Crippen MR) is 147 cm³/mol. The van der Waals surface area contributed by atoms with Crippen molar-refractivity contribution < 1.29 is 0 Å². The van der Waals surface area contributed by atoms with Gasteiger partial charge in [-0.15, -0.1) is 0 Å². The van der Waals surface area contributed by atoms with Crippen LogP contribution < -0.4 is 9.80 Å². The Hall–Kier alpha value is -3.35. The van der Waals surface area contributed by atoms with Crippen LogP contribution in [0.4, 0.5) is 11.6 Å². The molecule has 7 heteroatoms. The summed E-state index contributed by atoms with van der Waals surface area (Å²) in [6.45, 7) is 11.7. The van der Waals surface area contributed by atoms with E-state index in [2.05, 4.69) is 80.0 Å². The highest BCUT2D eigenvalue weighted by molar-refractivity contribution is 5.96. The maximum atomic E-state index is 5.34. The van der Waals surface area contributed by atoms with Crippen molar-refractivity contribution in [3.8, 4) is 11.4 Å². The van der Waals surface area contributed by atoms with E-state index in [-0.39, 0.29) is 0 Å². The number of benzene rings is 1. The number of aromatic nitrogens is 5. The predicted octanol–water partition coefficient (Wildman–Crippen LogP) is 5.73. The van der Waals surface area contributed by atoms with Gasteiger partial charge in [0.05, 0.1) is 11.4 Å². The van der Waals surface area contributed by atoms with Crippen molar-refractivity contribution in [1.29, 1.82) is 0 Å². The maximum absolute atomic E-state index is 5.34. The molecule has 0 spiro atoms. The van der Waals surface area contributed by atoms with Crippen LogP contribution in [0.2, 0.25) is 0 Å². The van der Waals surface area contributed by atoms with Gasteiger partial charge in [-0.3, -0.25) is 4.68 Å². The Bertz CT molecular complexity index is 1410. The molecule has 0 saturated carbocycles. The number of fused-ring (bicyclic) bond motifs is 2. The first-order valence-corrected chi connectivity index (χ1v) is 13.4. The summed E-state index contributed by atoms with van der Waals surface area (Å²) in [7, 11) is 2.06. The fraction of sp³-hybridized carbons (Fsp3) is 0.483. The lowest BCUT2D eigenvalue weighted by Crippen LogP contribution is -2.41. The Balaban J connectivity index is 1.47. The van der Waals surface area contributed by atoms with Crippen LogP contribution in [0.15, 0.2) is 30.5 Å². The molecule has 1 fully saturated rings. The van der Waals surface area contributed by atoms with Crippen LogP contribution in [0.1, 0.15) is 68.5 Å². The van der Waals surface area contributed by atoms with Crippen molar-refractivity contribution in [1.82, 2.24) is 24.7 Å². The van der Waals surface area contributed by atoms with Crippen molar-refractivity contribution in [2.24, 2.45) is 7.05 Å². The zero-order valence-corrected chi connectivity index (χ0v) is 22.2. The van der Waals surface area contributed by atoms with Crippen LogP contribution >= 0.6 is 0 Å². The summed E-state index contributed by atoms with van der Waals surface area (Å²) in [5, 5.41) is 6.01. The van der Waals surface area contributed by atoms with E-state index in [9.17, 15) is 0 Å². The molecule has 36 heavy (non-hydrogen) atoms. The van der Waals surface area contributed by atoms with E-state index in [4.69, 9.17) is 15.1 Å². The Morgan fingerprint density at radius 3 is 2.75 bits per heavy atom. The third kappa shape index (κ3) is 3.85. The molecular weight excluding hydrogens is 446 g/mol. The molecule has 7 nitrogen and oxygen atoms in total. The van der Waals surface area contributed by atoms with Crippen LogP contribution in [0.3, 0.4) is 0 Å². The molecule has 5 heterocycles. The maximum Gasteiger partial charge on any atom is 0.162 e. The highest BCUT2D eigenvalue weighted by atomic mass is 15.4. The minimum absolute atomic E-state index is 0.414. The van der Waals surface area contributed by atoms with E-state index in [0.29, 0.717) is 12.0 Å². The molecule has 2 aliphatic heterocycles. The van der Waals surface area contributed by atoms with Gasteiger partial charge in [-0.25, -0.2) is 9.97 Å². The van der Waals surface area contributed by atoms with Crippen LogP contribution in [0, 0.1) is 6.92 Å². The second-order valence-corrected chi connectivity index (χ2v) is 10.9. The third-order valence-corrected chi connectivity index (χ3v) is 8.05. The lowest BCUT2D eigenvalue weighted by molar-refractivity contribution is 0.478. The molecule has 188 valence electrons. The van der Waals surface area contributed by atoms with Gasteiger partial charge in [0.25, 0.3) is 0 Å². The molecule has 1 saturated heterocycles. The number of nitrogens with zero attached hydrogens (tertiary/aromatic N) is 6. The zero-order chi connectivity index (χ0) is 25.0. The van der Waals surface area contributed by atoms with Crippen LogP contribution in [-0.4, -0.2) is 43.9 Å². The largest absolute Gasteiger partial charge is 0.361 e. The number of anilines is 2. The van der Waals surface area contributed by atoms with Crippen molar-refractivity contribution in [3.05, 3.63) is 53.0 Å². The summed E-state index contributed by atoms with van der Waals surface area (Å²) in [6, 6.07) is 9.15. The molecule has 3 aromatic heterocycles. The summed E-state index contributed by atoms with van der Waals surface area (Å²) in [5.74, 6) is 3.57. The number of piperidine rings is 1. The normalized spacial score (nSPS) is 18.3. The fourth-order valence-electron chi connectivity index (χ4n) is 5.96. The zero-order valence-electron chi connectivity index (χ0n) is 22.2. The second kappa shape index (κ2) is 8.95. The van der Waals surface area contributed by atoms with Gasteiger partial charge in [-0.05, 0) is 50.7 Å². The number of aryl methyl sites for hydroxylation is 2. The first kappa shape index (κ1) is 23.1. The van der Waals surface area contributed by atoms with E-state index in [1.54, 1.807) is 0 Å². The molecule has 0 unspecified atom stereocenters. The number of aromatic amines is 1. The summed E-state index contributed by atoms with van der Waals surface area (Å²) in [6.07, 6.45) is 6.71. The average Bonchev–Trinajstić information content (AvgIpc) is 3.46. The monoisotopic (exact) mass is 483 g/mol. The molecule has 1 N–H and O–H groups in total. The van der Waals surface area contributed by atoms with Gasteiger partial charge in [0.1, 0.15) is 11.6 Å². The van der Waals surface area contributed by atoms with Gasteiger partial charge in [0, 0.05) is 73.4 Å². The molecule has 1 atom stereocenters. The number of hydrogen-bond donors (Lipinski definition) is 1. The Morgan fingerprint density at radius 2 is 1.97 bits per heavy atom. The lowest BCUT2D eigenvalue weighted by Gasteiger charge is -2.38. The standard InChI is InChI=1S/C29H37N7/c1-18(2)25-15-26(34(5)33-25)35-14-12-23-22(17-35)29(36-13-7-6-9-20(36)4)32-28(31-23)21-10-8-11-24-27(21)19(3)16-30-24/h8,10-11,15-16,18,20,30H,6-7,9,12-14,17H2,1-5H3/t20-/m0/s1. The van der Waals surface area contributed by atoms with Crippen molar-refractivity contribution >= 4 is 22.5 Å². The number of rotatable bonds is 4. The molecule has 6 rings (SSSR count). The topological polar surface area (TPSA) is 65.9 Å². The van der Waals surface area contributed by atoms with Gasteiger partial charge < -0.3 is 14.8 Å². The molecule has 0 radical (unpaired) electrons. The molecule has 0 bridgehead atoms. The first-order chi connectivity index (χ1) is 17.4. The first-order valence-electron chi connectivity index (χ1n) is 13.4. The molecular formula is C29H37N7. The molecule has 0 amide bonds. The second-order valence-electron chi connectivity index (χ2n) is 10.9. The molecule has 0 aliphatic carbocycles. The van der Waals surface area contributed by atoms with E-state index in [1.165, 1.54) is 47.3 Å². The van der Waals surface area contributed by atoms with Crippen LogP contribution in [-0.2, 0) is 20.0 Å². The quantitative estimate of drug-likeness (QED) is 0.401. The van der Waals surface area contributed by atoms with Crippen molar-refractivity contribution in [2.75, 3.05) is 22.9 Å². The summed E-state index contributed by atoms with van der Waals surface area (Å²) in [5.41, 5.74) is 7.12. The number of hydrogen-bond acceptors (Lipinski definition) is 5. The van der Waals surface area contributed by atoms with E-state index < -0.39 is 0 Å². The van der Waals surface area contributed by atoms with E-state index in [1.807, 2.05) is 4.68 Å². The SMILES string of the molecule is Cc1c[nH]c2cccc(-c3nc4c(c(N5CCCC[C@@H]5C)n3)CN(c3cc(C(C)C)nn3C)CC4)c12. The van der Waals surface area contributed by atoms with Gasteiger partial charge in [-0.1, -0.05) is 26.0 Å². The van der Waals surface area contributed by atoms with Crippen molar-refractivity contribution in [2.45, 2.75) is 71.9 Å². The van der Waals surface area contributed by atoms with Gasteiger partial charge in [0.15, 0.2) is 5.82 Å². The third-order valence-electron chi connectivity index (χ3n) is 8.05. The molecule has 1 aromatic carbocycles. The van der Waals surface area contributed by atoms with Crippen LogP contribution in [0.5, 0.6) is 0 Å². The number of nitrogens with one attached hydrogen (secondary N) is 1. The summed E-state index contributed by atoms with van der Waals surface area (Å²) < 4.78 is 2.04. The molecule has 2 aliphatic rings.